The number of amides is 1. The van der Waals surface area contributed by atoms with Crippen molar-refractivity contribution in [1.82, 2.24) is 4.90 Å². The second-order valence-corrected chi connectivity index (χ2v) is 4.54. The van der Waals surface area contributed by atoms with Crippen molar-refractivity contribution in [2.75, 3.05) is 0 Å². The lowest BCUT2D eigenvalue weighted by Crippen LogP contribution is -2.51. The Morgan fingerprint density at radius 3 is 3.06 bits per heavy atom. The highest BCUT2D eigenvalue weighted by Crippen LogP contribution is 2.44. The van der Waals surface area contributed by atoms with Gasteiger partial charge in [-0.15, -0.1) is 11.8 Å². The highest BCUT2D eigenvalue weighted by Gasteiger charge is 2.49. The molecular weight excluding hydrogens is 242 g/mol. The maximum Gasteiger partial charge on any atom is 0.353 e. The average molecular weight is 249 g/mol. The van der Waals surface area contributed by atoms with E-state index < -0.39 is 5.97 Å². The molecule has 1 saturated heterocycles. The zero-order valence-electron chi connectivity index (χ0n) is 8.49. The van der Waals surface area contributed by atoms with E-state index in [0.717, 1.165) is 0 Å². The summed E-state index contributed by atoms with van der Waals surface area (Å²) in [5.74, 6) is -0.757. The van der Waals surface area contributed by atoms with Crippen molar-refractivity contribution in [2.45, 2.75) is 5.37 Å². The minimum atomic E-state index is -1.08. The Labute approximate surface area is 100 Å². The van der Waals surface area contributed by atoms with E-state index in [0.29, 0.717) is 11.3 Å². The minimum absolute atomic E-state index is 0.0431. The number of nitrogens with zero attached hydrogens (tertiary/aromatic N) is 1. The van der Waals surface area contributed by atoms with Gasteiger partial charge in [-0.3, -0.25) is 9.69 Å². The number of carboxylic acid groups (broad SMARTS) is 1. The largest absolute Gasteiger partial charge is 0.477 e. The summed E-state index contributed by atoms with van der Waals surface area (Å²) in [4.78, 5) is 23.9. The van der Waals surface area contributed by atoms with Gasteiger partial charge in [0.1, 0.15) is 16.8 Å². The van der Waals surface area contributed by atoms with Crippen molar-refractivity contribution in [2.24, 2.45) is 0 Å². The summed E-state index contributed by atoms with van der Waals surface area (Å²) in [6.07, 6.45) is 3.17. The number of carboxylic acids is 1. The Balaban J connectivity index is 1.87. The molecule has 1 amide bonds. The molecule has 86 valence electrons. The maximum atomic E-state index is 11.8. The number of aliphatic carboxylic acids is 1. The Morgan fingerprint density at radius 1 is 1.59 bits per heavy atom. The lowest BCUT2D eigenvalue weighted by molar-refractivity contribution is -0.141. The molecule has 1 fully saturated rings. The molecule has 2 aliphatic rings. The smallest absolute Gasteiger partial charge is 0.353 e. The van der Waals surface area contributed by atoms with Gasteiger partial charge in [-0.25, -0.2) is 4.79 Å². The van der Waals surface area contributed by atoms with Gasteiger partial charge in [-0.1, -0.05) is 0 Å². The van der Waals surface area contributed by atoms with E-state index in [1.807, 2.05) is 0 Å². The first-order valence-electron chi connectivity index (χ1n) is 4.86. The molecule has 0 spiro atoms. The first-order chi connectivity index (χ1) is 8.18. The summed E-state index contributed by atoms with van der Waals surface area (Å²) in [6.45, 7) is 0. The number of hydrogen-bond acceptors (Lipinski definition) is 4. The predicted octanol–water partition coefficient (Wildman–Crippen LogP) is 1.50. The van der Waals surface area contributed by atoms with Gasteiger partial charge in [-0.2, -0.15) is 0 Å². The molecule has 17 heavy (non-hydrogen) atoms. The van der Waals surface area contributed by atoms with E-state index in [1.54, 1.807) is 18.2 Å². The van der Waals surface area contributed by atoms with E-state index in [-0.39, 0.29) is 17.0 Å². The number of fused-ring (bicyclic) bond motifs is 1. The van der Waals surface area contributed by atoms with Crippen LogP contribution in [0.25, 0.3) is 6.08 Å². The second-order valence-electron chi connectivity index (χ2n) is 3.59. The van der Waals surface area contributed by atoms with Crippen molar-refractivity contribution >= 4 is 29.7 Å². The number of furan rings is 1. The Bertz CT molecular complexity index is 558. The third-order valence-corrected chi connectivity index (χ3v) is 3.68. The first-order valence-corrected chi connectivity index (χ1v) is 5.80. The van der Waals surface area contributed by atoms with Crippen molar-refractivity contribution in [1.29, 1.82) is 0 Å². The van der Waals surface area contributed by atoms with Crippen LogP contribution in [-0.4, -0.2) is 27.3 Å². The topological polar surface area (TPSA) is 70.7 Å². The SMILES string of the molecule is O=C(O)C1=CS[C@@H]2/C(=C/c3ccco3)C(=O)N12. The number of carbonyl (C=O) groups excluding carboxylic acids is 1. The lowest BCUT2D eigenvalue weighted by atomic mass is 10.0. The molecule has 1 aromatic heterocycles. The van der Waals surface area contributed by atoms with E-state index >= 15 is 0 Å². The summed E-state index contributed by atoms with van der Waals surface area (Å²) in [7, 11) is 0. The van der Waals surface area contributed by atoms with E-state index in [9.17, 15) is 9.59 Å². The molecule has 6 heteroatoms. The summed E-state index contributed by atoms with van der Waals surface area (Å²) < 4.78 is 5.12. The van der Waals surface area contributed by atoms with E-state index in [1.165, 1.54) is 28.3 Å². The fourth-order valence-corrected chi connectivity index (χ4v) is 2.91. The van der Waals surface area contributed by atoms with Crippen molar-refractivity contribution in [3.63, 3.8) is 0 Å². The molecule has 0 bridgehead atoms. The number of rotatable bonds is 2. The molecule has 5 nitrogen and oxygen atoms in total. The van der Waals surface area contributed by atoms with Gasteiger partial charge in [-0.05, 0) is 18.2 Å². The van der Waals surface area contributed by atoms with Crippen LogP contribution >= 0.6 is 11.8 Å². The molecular formula is C11H7NO4S. The maximum absolute atomic E-state index is 11.8. The third-order valence-electron chi connectivity index (χ3n) is 2.59. The second kappa shape index (κ2) is 3.53. The average Bonchev–Trinajstić information content (AvgIpc) is 2.93. The highest BCUT2D eigenvalue weighted by molar-refractivity contribution is 8.03. The molecule has 0 aliphatic carbocycles. The Hall–Kier alpha value is -1.95. The Morgan fingerprint density at radius 2 is 2.41 bits per heavy atom. The highest BCUT2D eigenvalue weighted by atomic mass is 32.2. The molecule has 2 aliphatic heterocycles. The molecule has 0 aromatic carbocycles. The van der Waals surface area contributed by atoms with Gasteiger partial charge >= 0.3 is 5.97 Å². The van der Waals surface area contributed by atoms with Gasteiger partial charge in [0.15, 0.2) is 0 Å². The van der Waals surface area contributed by atoms with Crippen molar-refractivity contribution in [3.05, 3.63) is 40.8 Å². The van der Waals surface area contributed by atoms with Crippen LogP contribution in [-0.2, 0) is 9.59 Å². The van der Waals surface area contributed by atoms with Crippen LogP contribution in [0.4, 0.5) is 0 Å². The predicted molar refractivity (Wildman–Crippen MR) is 60.6 cm³/mol. The van der Waals surface area contributed by atoms with Gasteiger partial charge < -0.3 is 9.52 Å². The quantitative estimate of drug-likeness (QED) is 0.635. The normalized spacial score (nSPS) is 24.6. The van der Waals surface area contributed by atoms with Gasteiger partial charge in [0.05, 0.1) is 11.8 Å². The zero-order valence-corrected chi connectivity index (χ0v) is 9.31. The molecule has 3 rings (SSSR count). The monoisotopic (exact) mass is 249 g/mol. The van der Waals surface area contributed by atoms with E-state index in [4.69, 9.17) is 9.52 Å². The number of carbonyl (C=O) groups is 2. The molecule has 1 aromatic rings. The third kappa shape index (κ3) is 1.41. The summed E-state index contributed by atoms with van der Waals surface area (Å²) in [5.41, 5.74) is 0.610. The van der Waals surface area contributed by atoms with Crippen LogP contribution in [0.5, 0.6) is 0 Å². The number of β-lactam (4-membered cyclic amide) rings is 1. The molecule has 1 N–H and O–H groups in total. The van der Waals surface area contributed by atoms with Gasteiger partial charge in [0.25, 0.3) is 5.91 Å². The fourth-order valence-electron chi connectivity index (χ4n) is 1.79. The van der Waals surface area contributed by atoms with Crippen LogP contribution in [0, 0.1) is 0 Å². The van der Waals surface area contributed by atoms with Crippen molar-refractivity contribution in [3.8, 4) is 0 Å². The van der Waals surface area contributed by atoms with Crippen LogP contribution < -0.4 is 0 Å². The summed E-state index contributed by atoms with van der Waals surface area (Å²) >= 11 is 1.31. The van der Waals surface area contributed by atoms with Gasteiger partial charge in [0, 0.05) is 5.41 Å². The van der Waals surface area contributed by atoms with E-state index in [2.05, 4.69) is 0 Å². The number of hydrogen-bond donors (Lipinski definition) is 1. The summed E-state index contributed by atoms with van der Waals surface area (Å²) in [5, 5.41) is 10.2. The van der Waals surface area contributed by atoms with Crippen LogP contribution in [0.15, 0.2) is 39.5 Å². The first kappa shape index (κ1) is 10.2. The van der Waals surface area contributed by atoms with Crippen molar-refractivity contribution < 1.29 is 19.1 Å². The van der Waals surface area contributed by atoms with Crippen LogP contribution in [0.3, 0.4) is 0 Å². The molecule has 0 unspecified atom stereocenters. The van der Waals surface area contributed by atoms with Crippen LogP contribution in [0.1, 0.15) is 5.76 Å². The molecule has 0 radical (unpaired) electrons. The zero-order chi connectivity index (χ0) is 12.0. The molecule has 0 saturated carbocycles. The minimum Gasteiger partial charge on any atom is -0.477 e. The summed E-state index contributed by atoms with van der Waals surface area (Å²) in [6, 6.07) is 3.48. The Kier molecular flexibility index (Phi) is 2.12. The molecule has 1 atom stereocenters. The van der Waals surface area contributed by atoms with Crippen LogP contribution in [0.2, 0.25) is 0 Å². The fraction of sp³-hybridized carbons (Fsp3) is 0.0909. The number of thioether (sulfide) groups is 1. The molecule has 3 heterocycles. The standard InChI is InChI=1S/C11H7NO4S/c13-9-7(4-6-2-1-3-16-6)10-12(9)8(5-17-10)11(14)15/h1-5,10H,(H,14,15)/b7-4+/t10-/m1/s1. The van der Waals surface area contributed by atoms with Gasteiger partial charge in [0.2, 0.25) is 0 Å². The lowest BCUT2D eigenvalue weighted by Gasteiger charge is -2.36.